The summed E-state index contributed by atoms with van der Waals surface area (Å²) in [6.45, 7) is 6.12. The van der Waals surface area contributed by atoms with Crippen LogP contribution in [0.25, 0.3) is 0 Å². The average Bonchev–Trinajstić information content (AvgIpc) is 2.79. The number of rotatable bonds is 3. The third-order valence-corrected chi connectivity index (χ3v) is 5.58. The van der Waals surface area contributed by atoms with Gasteiger partial charge in [-0.1, -0.05) is 32.9 Å². The summed E-state index contributed by atoms with van der Waals surface area (Å²) >= 11 is 0. The summed E-state index contributed by atoms with van der Waals surface area (Å²) in [7, 11) is 0. The Morgan fingerprint density at radius 1 is 1.33 bits per heavy atom. The van der Waals surface area contributed by atoms with Crippen LogP contribution in [-0.2, 0) is 9.59 Å². The summed E-state index contributed by atoms with van der Waals surface area (Å²) in [6, 6.07) is 0. The fourth-order valence-electron chi connectivity index (χ4n) is 4.05. The Balaban J connectivity index is 1.77. The molecule has 3 rings (SSSR count). The minimum atomic E-state index is -2.78. The maximum Gasteiger partial charge on any atom is 0.256 e. The molecular weight excluding hydrogens is 314 g/mol. The summed E-state index contributed by atoms with van der Waals surface area (Å²) in [5.74, 6) is -4.63. The molecule has 0 saturated carbocycles. The summed E-state index contributed by atoms with van der Waals surface area (Å²) in [6.07, 6.45) is 3.69. The molecule has 0 spiro atoms. The van der Waals surface area contributed by atoms with Crippen molar-refractivity contribution in [1.82, 2.24) is 10.2 Å². The van der Waals surface area contributed by atoms with Crippen LogP contribution in [0.1, 0.15) is 27.2 Å². The predicted octanol–water partition coefficient (Wildman–Crippen LogP) is 2.17. The number of allylic oxidation sites excluding steroid dienone is 1. The minimum Gasteiger partial charge on any atom is -0.334 e. The van der Waals surface area contributed by atoms with Gasteiger partial charge in [-0.3, -0.25) is 9.59 Å². The fraction of sp³-hybridized carbons (Fsp3) is 0.667. The van der Waals surface area contributed by atoms with E-state index in [1.54, 1.807) is 37.8 Å². The number of piperidine rings is 1. The normalized spacial score (nSPS) is 30.1. The number of hydrogen-bond donors (Lipinski definition) is 1. The lowest BCUT2D eigenvalue weighted by molar-refractivity contribution is -0.159. The Bertz CT molecular complexity index is 637. The zero-order chi connectivity index (χ0) is 17.7. The molecule has 2 atom stereocenters. The molecule has 0 aromatic carbocycles. The highest BCUT2D eigenvalue weighted by atomic mass is 19.3. The van der Waals surface area contributed by atoms with Crippen molar-refractivity contribution in [3.63, 3.8) is 0 Å². The molecule has 2 unspecified atom stereocenters. The van der Waals surface area contributed by atoms with E-state index in [1.165, 1.54) is 0 Å². The lowest BCUT2D eigenvalue weighted by Gasteiger charge is -2.46. The van der Waals surface area contributed by atoms with Gasteiger partial charge < -0.3 is 10.2 Å². The number of carbonyl (C=O) groups is 2. The summed E-state index contributed by atoms with van der Waals surface area (Å²) in [5, 5.41) is 3.08. The van der Waals surface area contributed by atoms with Gasteiger partial charge in [0.1, 0.15) is 0 Å². The van der Waals surface area contributed by atoms with Crippen LogP contribution < -0.4 is 5.32 Å². The van der Waals surface area contributed by atoms with Crippen molar-refractivity contribution in [2.75, 3.05) is 26.2 Å². The molecule has 0 aromatic rings. The quantitative estimate of drug-likeness (QED) is 0.858. The van der Waals surface area contributed by atoms with Crippen molar-refractivity contribution in [3.8, 4) is 0 Å². The van der Waals surface area contributed by atoms with E-state index in [-0.39, 0.29) is 31.3 Å². The second-order valence-electron chi connectivity index (χ2n) is 7.86. The van der Waals surface area contributed by atoms with Crippen LogP contribution in [0.4, 0.5) is 8.78 Å². The van der Waals surface area contributed by atoms with E-state index >= 15 is 0 Å². The number of ketones is 1. The molecule has 1 amide bonds. The largest absolute Gasteiger partial charge is 0.334 e. The van der Waals surface area contributed by atoms with E-state index < -0.39 is 23.2 Å². The molecule has 4 nitrogen and oxygen atoms in total. The molecule has 1 aliphatic carbocycles. The highest BCUT2D eigenvalue weighted by Crippen LogP contribution is 2.45. The van der Waals surface area contributed by atoms with Crippen molar-refractivity contribution in [3.05, 3.63) is 23.3 Å². The average molecular weight is 338 g/mol. The first kappa shape index (κ1) is 17.3. The van der Waals surface area contributed by atoms with E-state index in [9.17, 15) is 18.4 Å². The lowest BCUT2D eigenvalue weighted by atomic mass is 9.70. The van der Waals surface area contributed by atoms with Crippen molar-refractivity contribution in [2.24, 2.45) is 17.3 Å². The maximum atomic E-state index is 14.7. The van der Waals surface area contributed by atoms with E-state index in [4.69, 9.17) is 0 Å². The van der Waals surface area contributed by atoms with E-state index in [0.717, 1.165) is 0 Å². The van der Waals surface area contributed by atoms with Crippen molar-refractivity contribution >= 4 is 11.7 Å². The summed E-state index contributed by atoms with van der Waals surface area (Å²) in [5.41, 5.74) is 0.200. The third kappa shape index (κ3) is 2.70. The highest BCUT2D eigenvalue weighted by molar-refractivity contribution is 6.12. The molecule has 6 heteroatoms. The van der Waals surface area contributed by atoms with Crippen LogP contribution in [0, 0.1) is 17.3 Å². The lowest BCUT2D eigenvalue weighted by Crippen LogP contribution is -2.58. The van der Waals surface area contributed by atoms with Gasteiger partial charge in [0.25, 0.3) is 11.8 Å². The molecule has 1 saturated heterocycles. The Hall–Kier alpha value is -1.56. The van der Waals surface area contributed by atoms with Gasteiger partial charge >= 0.3 is 0 Å². The topological polar surface area (TPSA) is 49.4 Å². The van der Waals surface area contributed by atoms with E-state index in [1.807, 2.05) is 0 Å². The van der Waals surface area contributed by atoms with Gasteiger partial charge in [-0.15, -0.1) is 0 Å². The van der Waals surface area contributed by atoms with Gasteiger partial charge in [-0.05, 0) is 5.41 Å². The van der Waals surface area contributed by atoms with Crippen LogP contribution in [-0.4, -0.2) is 48.7 Å². The van der Waals surface area contributed by atoms with Crippen molar-refractivity contribution < 1.29 is 18.4 Å². The molecule has 1 fully saturated rings. The molecule has 0 aromatic heterocycles. The standard InChI is InChI=1S/C18H24F2N2O2/c1-11-7-21-8-15(18(11,19)20)17(2,3)10-22-9-13-12(16(22)24)5-4-6-14(13)23/h4-5,11,15,21H,6-10H2,1-3H3. The van der Waals surface area contributed by atoms with Gasteiger partial charge in [0.15, 0.2) is 5.78 Å². The monoisotopic (exact) mass is 338 g/mol. The number of halogens is 2. The Morgan fingerprint density at radius 3 is 2.71 bits per heavy atom. The van der Waals surface area contributed by atoms with Crippen molar-refractivity contribution in [2.45, 2.75) is 33.1 Å². The van der Waals surface area contributed by atoms with Crippen LogP contribution in [0.3, 0.4) is 0 Å². The van der Waals surface area contributed by atoms with Crippen LogP contribution in [0.5, 0.6) is 0 Å². The molecule has 24 heavy (non-hydrogen) atoms. The number of carbonyl (C=O) groups excluding carboxylic acids is 2. The molecule has 0 radical (unpaired) electrons. The smallest absolute Gasteiger partial charge is 0.256 e. The SMILES string of the molecule is CC1CNCC(C(C)(C)CN2CC3=C(C=CCC3=O)C2=O)C1(F)F. The first-order chi connectivity index (χ1) is 11.1. The van der Waals surface area contributed by atoms with Gasteiger partial charge in [-0.25, -0.2) is 8.78 Å². The number of alkyl halides is 2. The fourth-order valence-corrected chi connectivity index (χ4v) is 4.05. The number of Topliss-reactive ketones (excluding diaryl/α,β-unsaturated/α-hetero) is 1. The Kier molecular flexibility index (Phi) is 4.14. The molecule has 0 bridgehead atoms. The first-order valence-electron chi connectivity index (χ1n) is 8.45. The zero-order valence-electron chi connectivity index (χ0n) is 14.4. The van der Waals surface area contributed by atoms with Gasteiger partial charge in [0.05, 0.1) is 6.54 Å². The van der Waals surface area contributed by atoms with Gasteiger partial charge in [0, 0.05) is 49.0 Å². The van der Waals surface area contributed by atoms with Gasteiger partial charge in [-0.2, -0.15) is 0 Å². The van der Waals surface area contributed by atoms with Crippen molar-refractivity contribution in [1.29, 1.82) is 0 Å². The molecule has 132 valence electrons. The number of nitrogens with zero attached hydrogens (tertiary/aromatic N) is 1. The second kappa shape index (κ2) is 5.76. The molecule has 1 N–H and O–H groups in total. The molecular formula is C18H24F2N2O2. The number of hydrogen-bond acceptors (Lipinski definition) is 3. The Labute approximate surface area is 141 Å². The van der Waals surface area contributed by atoms with Crippen LogP contribution in [0.2, 0.25) is 0 Å². The first-order valence-corrected chi connectivity index (χ1v) is 8.45. The van der Waals surface area contributed by atoms with Gasteiger partial charge in [0.2, 0.25) is 0 Å². The summed E-state index contributed by atoms with van der Waals surface area (Å²) in [4.78, 5) is 26.0. The van der Waals surface area contributed by atoms with Crippen LogP contribution >= 0.6 is 0 Å². The minimum absolute atomic E-state index is 0.0422. The van der Waals surface area contributed by atoms with Crippen LogP contribution in [0.15, 0.2) is 23.3 Å². The molecule has 3 aliphatic rings. The number of nitrogens with one attached hydrogen (secondary N) is 1. The number of amides is 1. The second-order valence-corrected chi connectivity index (χ2v) is 7.86. The Morgan fingerprint density at radius 2 is 2.04 bits per heavy atom. The van der Waals surface area contributed by atoms with E-state index in [2.05, 4.69) is 5.32 Å². The third-order valence-electron chi connectivity index (χ3n) is 5.58. The van der Waals surface area contributed by atoms with E-state index in [0.29, 0.717) is 24.1 Å². The highest BCUT2D eigenvalue weighted by Gasteiger charge is 2.54. The molecule has 2 aliphatic heterocycles. The zero-order valence-corrected chi connectivity index (χ0v) is 14.4. The maximum absolute atomic E-state index is 14.7. The summed E-state index contributed by atoms with van der Waals surface area (Å²) < 4.78 is 29.3. The molecule has 2 heterocycles. The predicted molar refractivity (Wildman–Crippen MR) is 86.6 cm³/mol.